The van der Waals surface area contributed by atoms with Gasteiger partial charge in [0.2, 0.25) is 0 Å². The number of aromatic nitrogens is 1. The molecule has 1 saturated carbocycles. The molecule has 0 unspecified atom stereocenters. The van der Waals surface area contributed by atoms with Crippen LogP contribution < -0.4 is 4.72 Å². The van der Waals surface area contributed by atoms with Crippen molar-refractivity contribution in [3.63, 3.8) is 0 Å². The zero-order chi connectivity index (χ0) is 12.3. The highest BCUT2D eigenvalue weighted by molar-refractivity contribution is 7.89. The van der Waals surface area contributed by atoms with Gasteiger partial charge in [0.15, 0.2) is 5.03 Å². The maximum atomic E-state index is 11.8. The van der Waals surface area contributed by atoms with Crippen LogP contribution in [0, 0.1) is 5.92 Å². The number of hydrogen-bond acceptors (Lipinski definition) is 4. The minimum absolute atomic E-state index is 0.00836. The molecule has 1 aromatic heterocycles. The van der Waals surface area contributed by atoms with Gasteiger partial charge in [-0.1, -0.05) is 12.5 Å². The van der Waals surface area contributed by atoms with Gasteiger partial charge in [0.25, 0.3) is 10.0 Å². The molecule has 0 saturated heterocycles. The Morgan fingerprint density at radius 1 is 1.41 bits per heavy atom. The Balaban J connectivity index is 2.02. The maximum absolute atomic E-state index is 11.8. The molecular weight excluding hydrogens is 240 g/mol. The number of aliphatic hydroxyl groups is 1. The molecule has 0 spiro atoms. The van der Waals surface area contributed by atoms with E-state index in [0.29, 0.717) is 18.0 Å². The number of pyridine rings is 1. The first-order chi connectivity index (χ1) is 8.12. The van der Waals surface area contributed by atoms with Gasteiger partial charge in [-0.15, -0.1) is 0 Å². The molecule has 1 aromatic rings. The molecule has 1 fully saturated rings. The van der Waals surface area contributed by atoms with E-state index >= 15 is 0 Å². The number of nitrogens with one attached hydrogen (secondary N) is 1. The normalized spacial score (nSPS) is 16.8. The number of sulfonamides is 1. The number of hydrogen-bond donors (Lipinski definition) is 2. The van der Waals surface area contributed by atoms with Crippen LogP contribution in [0.25, 0.3) is 0 Å². The highest BCUT2D eigenvalue weighted by atomic mass is 32.2. The van der Waals surface area contributed by atoms with Crippen molar-refractivity contribution in [2.45, 2.75) is 30.9 Å². The zero-order valence-corrected chi connectivity index (χ0v) is 10.3. The van der Waals surface area contributed by atoms with Crippen LogP contribution in [0.2, 0.25) is 0 Å². The summed E-state index contributed by atoms with van der Waals surface area (Å²) in [5.74, 6) is 0.474. The van der Waals surface area contributed by atoms with Gasteiger partial charge in [0.1, 0.15) is 0 Å². The van der Waals surface area contributed by atoms with Crippen LogP contribution in [-0.4, -0.2) is 25.1 Å². The lowest BCUT2D eigenvalue weighted by atomic mass is 9.86. The van der Waals surface area contributed by atoms with E-state index in [4.69, 9.17) is 5.11 Å². The second-order valence-corrected chi connectivity index (χ2v) is 6.03. The molecule has 0 amide bonds. The molecule has 1 heterocycles. The van der Waals surface area contributed by atoms with Crippen molar-refractivity contribution in [2.24, 2.45) is 5.92 Å². The standard InChI is InChI=1S/C11H16N2O3S/c14-8-10-4-5-11(12-6-10)17(15,16)13-7-9-2-1-3-9/h4-6,9,13-14H,1-3,7-8H2. The highest BCUT2D eigenvalue weighted by Crippen LogP contribution is 2.25. The van der Waals surface area contributed by atoms with Crippen LogP contribution in [0.15, 0.2) is 23.4 Å². The Labute approximate surface area is 101 Å². The number of aliphatic hydroxyl groups excluding tert-OH is 1. The van der Waals surface area contributed by atoms with Crippen molar-refractivity contribution in [1.29, 1.82) is 0 Å². The van der Waals surface area contributed by atoms with Gasteiger partial charge in [-0.05, 0) is 30.4 Å². The van der Waals surface area contributed by atoms with Crippen LogP contribution >= 0.6 is 0 Å². The minimum atomic E-state index is -3.50. The van der Waals surface area contributed by atoms with E-state index < -0.39 is 10.0 Å². The fraction of sp³-hybridized carbons (Fsp3) is 0.545. The Morgan fingerprint density at radius 3 is 2.65 bits per heavy atom. The molecule has 0 radical (unpaired) electrons. The predicted molar refractivity (Wildman–Crippen MR) is 62.7 cm³/mol. The van der Waals surface area contributed by atoms with Crippen LogP contribution in [0.4, 0.5) is 0 Å². The van der Waals surface area contributed by atoms with Crippen molar-refractivity contribution in [1.82, 2.24) is 9.71 Å². The van der Waals surface area contributed by atoms with Gasteiger partial charge in [-0.3, -0.25) is 0 Å². The summed E-state index contributed by atoms with van der Waals surface area (Å²) in [4.78, 5) is 3.83. The summed E-state index contributed by atoms with van der Waals surface area (Å²) in [6, 6.07) is 2.97. The largest absolute Gasteiger partial charge is 0.392 e. The number of rotatable bonds is 5. The molecule has 0 atom stereocenters. The summed E-state index contributed by atoms with van der Waals surface area (Å²) in [5.41, 5.74) is 0.600. The topological polar surface area (TPSA) is 79.3 Å². The molecule has 6 heteroatoms. The Bertz CT molecular complexity index is 466. The average molecular weight is 256 g/mol. The quantitative estimate of drug-likeness (QED) is 0.810. The van der Waals surface area contributed by atoms with E-state index in [-0.39, 0.29) is 11.6 Å². The third kappa shape index (κ3) is 3.02. The monoisotopic (exact) mass is 256 g/mol. The smallest absolute Gasteiger partial charge is 0.258 e. The first kappa shape index (κ1) is 12.5. The van der Waals surface area contributed by atoms with E-state index in [1.165, 1.54) is 18.7 Å². The molecule has 2 N–H and O–H groups in total. The molecule has 1 aliphatic rings. The Kier molecular flexibility index (Phi) is 3.76. The summed E-state index contributed by atoms with van der Waals surface area (Å²) in [5, 5.41) is 8.85. The fourth-order valence-electron chi connectivity index (χ4n) is 1.66. The van der Waals surface area contributed by atoms with E-state index in [1.54, 1.807) is 6.07 Å². The van der Waals surface area contributed by atoms with Crippen molar-refractivity contribution in [3.8, 4) is 0 Å². The molecular formula is C11H16N2O3S. The van der Waals surface area contributed by atoms with Crippen LogP contribution in [0.5, 0.6) is 0 Å². The average Bonchev–Trinajstić information content (AvgIpc) is 2.27. The van der Waals surface area contributed by atoms with E-state index in [9.17, 15) is 8.42 Å². The summed E-state index contributed by atoms with van der Waals surface area (Å²) in [6.07, 6.45) is 4.76. The van der Waals surface area contributed by atoms with Crippen molar-refractivity contribution < 1.29 is 13.5 Å². The summed E-state index contributed by atoms with van der Waals surface area (Å²) < 4.78 is 26.2. The summed E-state index contributed by atoms with van der Waals surface area (Å²) in [7, 11) is -3.50. The predicted octanol–water partition coefficient (Wildman–Crippen LogP) is 0.652. The van der Waals surface area contributed by atoms with Crippen LogP contribution in [0.3, 0.4) is 0 Å². The lowest BCUT2D eigenvalue weighted by Crippen LogP contribution is -2.32. The lowest BCUT2D eigenvalue weighted by molar-refractivity contribution is 0.281. The first-order valence-corrected chi connectivity index (χ1v) is 7.15. The Hall–Kier alpha value is -0.980. The third-order valence-corrected chi connectivity index (χ3v) is 4.38. The van der Waals surface area contributed by atoms with Gasteiger partial charge >= 0.3 is 0 Å². The Morgan fingerprint density at radius 2 is 2.18 bits per heavy atom. The first-order valence-electron chi connectivity index (χ1n) is 5.67. The van der Waals surface area contributed by atoms with E-state index in [0.717, 1.165) is 12.8 Å². The van der Waals surface area contributed by atoms with Gasteiger partial charge in [0.05, 0.1) is 6.61 Å². The third-order valence-electron chi connectivity index (χ3n) is 3.04. The second-order valence-electron chi connectivity index (χ2n) is 4.31. The zero-order valence-electron chi connectivity index (χ0n) is 9.46. The van der Waals surface area contributed by atoms with Gasteiger partial charge in [-0.25, -0.2) is 18.1 Å². The molecule has 5 nitrogen and oxygen atoms in total. The van der Waals surface area contributed by atoms with Crippen LogP contribution in [-0.2, 0) is 16.6 Å². The molecule has 0 bridgehead atoms. The van der Waals surface area contributed by atoms with E-state index in [2.05, 4.69) is 9.71 Å². The van der Waals surface area contributed by atoms with Crippen molar-refractivity contribution in [3.05, 3.63) is 23.9 Å². The molecule has 2 rings (SSSR count). The molecule has 0 aromatic carbocycles. The lowest BCUT2D eigenvalue weighted by Gasteiger charge is -2.25. The van der Waals surface area contributed by atoms with Crippen LogP contribution in [0.1, 0.15) is 24.8 Å². The molecule has 1 aliphatic carbocycles. The van der Waals surface area contributed by atoms with Crippen molar-refractivity contribution >= 4 is 10.0 Å². The second kappa shape index (κ2) is 5.12. The van der Waals surface area contributed by atoms with Gasteiger partial charge in [0, 0.05) is 12.7 Å². The van der Waals surface area contributed by atoms with E-state index in [1.807, 2.05) is 0 Å². The van der Waals surface area contributed by atoms with Gasteiger partial charge in [-0.2, -0.15) is 0 Å². The maximum Gasteiger partial charge on any atom is 0.258 e. The molecule has 0 aliphatic heterocycles. The SMILES string of the molecule is O=S(=O)(NCC1CCC1)c1ccc(CO)cn1. The molecule has 17 heavy (non-hydrogen) atoms. The van der Waals surface area contributed by atoms with Gasteiger partial charge < -0.3 is 5.11 Å². The molecule has 94 valence electrons. The highest BCUT2D eigenvalue weighted by Gasteiger charge is 2.21. The minimum Gasteiger partial charge on any atom is -0.392 e. The number of nitrogens with zero attached hydrogens (tertiary/aromatic N) is 1. The fourth-order valence-corrected chi connectivity index (χ4v) is 2.70. The summed E-state index contributed by atoms with van der Waals surface area (Å²) in [6.45, 7) is 0.356. The summed E-state index contributed by atoms with van der Waals surface area (Å²) >= 11 is 0. The van der Waals surface area contributed by atoms with Crippen molar-refractivity contribution in [2.75, 3.05) is 6.54 Å².